The van der Waals surface area contributed by atoms with E-state index in [1.807, 2.05) is 18.2 Å². The zero-order chi connectivity index (χ0) is 32.8. The maximum atomic E-state index is 13.8. The van der Waals surface area contributed by atoms with Crippen molar-refractivity contribution in [1.29, 1.82) is 0 Å². The van der Waals surface area contributed by atoms with Crippen LogP contribution in [-0.4, -0.2) is 74.0 Å². The van der Waals surface area contributed by atoms with Gasteiger partial charge < -0.3 is 25.4 Å². The number of nitrogens with zero attached hydrogens (tertiary/aromatic N) is 2. The minimum absolute atomic E-state index is 0.129. The molecule has 1 saturated heterocycles. The number of likely N-dealkylation sites (tertiary alicyclic amines) is 1. The Balaban J connectivity index is 1.63. The van der Waals surface area contributed by atoms with Crippen molar-refractivity contribution < 1.29 is 32.3 Å². The summed E-state index contributed by atoms with van der Waals surface area (Å²) >= 11 is 0. The summed E-state index contributed by atoms with van der Waals surface area (Å²) in [5, 5.41) is 4.34. The van der Waals surface area contributed by atoms with E-state index in [0.29, 0.717) is 24.7 Å². The monoisotopic (exact) mass is 639 g/mol. The summed E-state index contributed by atoms with van der Waals surface area (Å²) < 4.78 is 39.6. The Labute approximate surface area is 263 Å². The average molecular weight is 640 g/mol. The first-order valence-corrected chi connectivity index (χ1v) is 16.3. The number of anilines is 1. The molecule has 0 saturated carbocycles. The van der Waals surface area contributed by atoms with Crippen molar-refractivity contribution in [3.8, 4) is 5.75 Å². The van der Waals surface area contributed by atoms with Gasteiger partial charge in [-0.05, 0) is 81.3 Å². The van der Waals surface area contributed by atoms with Crippen molar-refractivity contribution in [2.24, 2.45) is 0 Å². The number of hydrogen-bond donors (Lipinski definition) is 3. The maximum Gasteiger partial charge on any atom is 0.308 e. The van der Waals surface area contributed by atoms with Crippen LogP contribution in [0.15, 0.2) is 59.6 Å². The molecule has 1 unspecified atom stereocenters. The van der Waals surface area contributed by atoms with E-state index in [2.05, 4.69) is 15.0 Å². The molecule has 4 N–H and O–H groups in total. The number of aromatic nitrogens is 1. The van der Waals surface area contributed by atoms with E-state index < -0.39 is 46.0 Å². The number of nitrogen functional groups attached to an aromatic ring is 1. The van der Waals surface area contributed by atoms with Gasteiger partial charge in [0.25, 0.3) is 0 Å². The number of nitrogens with two attached hydrogens (primary N) is 1. The molecule has 45 heavy (non-hydrogen) atoms. The third-order valence-corrected chi connectivity index (χ3v) is 8.84. The summed E-state index contributed by atoms with van der Waals surface area (Å²) in [5.41, 5.74) is 5.90. The highest BCUT2D eigenvalue weighted by Crippen LogP contribution is 2.22. The topological polar surface area (TPSA) is 170 Å². The first-order valence-electron chi connectivity index (χ1n) is 14.9. The summed E-state index contributed by atoms with van der Waals surface area (Å²) in [5.74, 6) is -1.07. The number of rotatable bonds is 11. The van der Waals surface area contributed by atoms with Gasteiger partial charge in [0.2, 0.25) is 21.8 Å². The van der Waals surface area contributed by atoms with E-state index in [1.165, 1.54) is 31.4 Å². The number of fused-ring (bicyclic) bond motifs is 1. The first kappa shape index (κ1) is 33.7. The van der Waals surface area contributed by atoms with E-state index in [9.17, 15) is 22.8 Å². The predicted octanol–water partition coefficient (Wildman–Crippen LogP) is 2.94. The number of esters is 1. The van der Waals surface area contributed by atoms with Crippen molar-refractivity contribution in [1.82, 2.24) is 19.9 Å². The van der Waals surface area contributed by atoms with Crippen LogP contribution in [-0.2, 0) is 35.6 Å². The summed E-state index contributed by atoms with van der Waals surface area (Å²) in [7, 11) is -2.82. The van der Waals surface area contributed by atoms with Crippen LogP contribution < -0.4 is 20.5 Å². The molecule has 3 aromatic rings. The maximum absolute atomic E-state index is 13.8. The third-order valence-electron chi connectivity index (χ3n) is 7.36. The number of carbonyl (C=O) groups excluding carboxylic acids is 3. The van der Waals surface area contributed by atoms with E-state index in [-0.39, 0.29) is 17.2 Å². The molecular weight excluding hydrogens is 598 g/mol. The van der Waals surface area contributed by atoms with Crippen molar-refractivity contribution in [2.45, 2.75) is 75.5 Å². The molecule has 1 aliphatic rings. The Bertz CT molecular complexity index is 1630. The smallest absolute Gasteiger partial charge is 0.308 e. The van der Waals surface area contributed by atoms with E-state index in [0.717, 1.165) is 35.6 Å². The summed E-state index contributed by atoms with van der Waals surface area (Å²) in [6, 6.07) is 10.3. The van der Waals surface area contributed by atoms with Crippen LogP contribution in [0.4, 0.5) is 5.82 Å². The third kappa shape index (κ3) is 9.14. The molecule has 0 aliphatic carbocycles. The van der Waals surface area contributed by atoms with Gasteiger partial charge in [0, 0.05) is 31.1 Å². The van der Waals surface area contributed by atoms with Crippen LogP contribution in [0.2, 0.25) is 0 Å². The van der Waals surface area contributed by atoms with E-state index in [1.54, 1.807) is 37.9 Å². The van der Waals surface area contributed by atoms with Gasteiger partial charge in [0.15, 0.2) is 0 Å². The number of hydrogen-bond acceptors (Lipinski definition) is 9. The van der Waals surface area contributed by atoms with Crippen LogP contribution in [0.5, 0.6) is 5.75 Å². The van der Waals surface area contributed by atoms with Gasteiger partial charge in [0.05, 0.1) is 18.4 Å². The van der Waals surface area contributed by atoms with Crippen LogP contribution in [0.1, 0.15) is 52.0 Å². The Morgan fingerprint density at radius 2 is 1.69 bits per heavy atom. The molecule has 1 fully saturated rings. The quantitative estimate of drug-likeness (QED) is 0.267. The molecule has 1 aromatic heterocycles. The van der Waals surface area contributed by atoms with Gasteiger partial charge in [-0.25, -0.2) is 13.4 Å². The Kier molecular flexibility index (Phi) is 10.7. The molecule has 4 rings (SSSR count). The molecule has 2 aromatic carbocycles. The minimum atomic E-state index is -4.27. The second-order valence-corrected chi connectivity index (χ2v) is 13.8. The fourth-order valence-electron chi connectivity index (χ4n) is 5.17. The summed E-state index contributed by atoms with van der Waals surface area (Å²) in [6.45, 7) is 6.11. The van der Waals surface area contributed by atoms with Crippen molar-refractivity contribution >= 4 is 44.4 Å². The molecule has 1 aliphatic heterocycles. The summed E-state index contributed by atoms with van der Waals surface area (Å²) in [6.07, 6.45) is 3.83. The number of piperidine rings is 1. The Morgan fingerprint density at radius 1 is 1.00 bits per heavy atom. The molecular formula is C32H41N5O7S. The second-order valence-electron chi connectivity index (χ2n) is 12.0. The van der Waals surface area contributed by atoms with Gasteiger partial charge in [-0.2, -0.15) is 4.72 Å². The highest BCUT2D eigenvalue weighted by atomic mass is 32.2. The average Bonchev–Trinajstić information content (AvgIpc) is 2.99. The SMILES string of the molecule is COc1ccc(S(=O)(=O)N[C@@H](CC(=O)OC(C)(C)C)C(=O)NC(Cc2ccc3c(N)nccc3c2)C(=O)N2CCCCC2)cc1. The molecule has 2 atom stereocenters. The van der Waals surface area contributed by atoms with Crippen LogP contribution in [0, 0.1) is 0 Å². The number of methoxy groups -OCH3 is 1. The first-order chi connectivity index (χ1) is 21.3. The van der Waals surface area contributed by atoms with Gasteiger partial charge in [-0.3, -0.25) is 14.4 Å². The minimum Gasteiger partial charge on any atom is -0.497 e. The number of nitrogens with one attached hydrogen (secondary N) is 2. The molecule has 2 amide bonds. The number of benzene rings is 2. The Hall–Kier alpha value is -4.23. The van der Waals surface area contributed by atoms with Crippen LogP contribution >= 0.6 is 0 Å². The Morgan fingerprint density at radius 3 is 2.33 bits per heavy atom. The van der Waals surface area contributed by atoms with E-state index >= 15 is 0 Å². The summed E-state index contributed by atoms with van der Waals surface area (Å²) in [4.78, 5) is 46.2. The molecule has 0 radical (unpaired) electrons. The van der Waals surface area contributed by atoms with Crippen LogP contribution in [0.3, 0.4) is 0 Å². The van der Waals surface area contributed by atoms with E-state index in [4.69, 9.17) is 15.2 Å². The van der Waals surface area contributed by atoms with Gasteiger partial charge in [0.1, 0.15) is 29.3 Å². The molecule has 12 nitrogen and oxygen atoms in total. The molecule has 0 bridgehead atoms. The van der Waals surface area contributed by atoms with Gasteiger partial charge in [-0.15, -0.1) is 0 Å². The zero-order valence-corrected chi connectivity index (χ0v) is 26.9. The van der Waals surface area contributed by atoms with Crippen molar-refractivity contribution in [2.75, 3.05) is 25.9 Å². The van der Waals surface area contributed by atoms with Gasteiger partial charge in [-0.1, -0.05) is 18.2 Å². The molecule has 242 valence electrons. The number of amides is 2. The fourth-order valence-corrected chi connectivity index (χ4v) is 6.36. The normalized spacial score (nSPS) is 15.2. The fraction of sp³-hybridized carbons (Fsp3) is 0.438. The van der Waals surface area contributed by atoms with Gasteiger partial charge >= 0.3 is 5.97 Å². The second kappa shape index (κ2) is 14.2. The lowest BCUT2D eigenvalue weighted by molar-refractivity contribution is -0.156. The largest absolute Gasteiger partial charge is 0.497 e. The number of pyridine rings is 1. The lowest BCUT2D eigenvalue weighted by Gasteiger charge is -2.31. The van der Waals surface area contributed by atoms with Crippen molar-refractivity contribution in [3.63, 3.8) is 0 Å². The lowest BCUT2D eigenvalue weighted by Crippen LogP contribution is -2.56. The lowest BCUT2D eigenvalue weighted by atomic mass is 10.00. The highest BCUT2D eigenvalue weighted by Gasteiger charge is 2.34. The zero-order valence-electron chi connectivity index (χ0n) is 26.0. The molecule has 0 spiro atoms. The standard InChI is InChI=1S/C32H41N5O7S/c1-32(2,3)44-28(38)20-26(36-45(41,42)24-11-9-23(43-4)10-12-24)30(39)35-27(31(40)37-16-6-5-7-17-37)19-21-8-13-25-22(18-21)14-15-34-29(25)33/h8-15,18,26-27,36H,5-7,16-17,19-20H2,1-4H3,(H2,33,34)(H,35,39)/t26-,27?/m0/s1. The number of ether oxygens (including phenoxy) is 2. The van der Waals surface area contributed by atoms with Crippen LogP contribution in [0.25, 0.3) is 10.8 Å². The molecule has 2 heterocycles. The number of carbonyl (C=O) groups is 3. The predicted molar refractivity (Wildman–Crippen MR) is 170 cm³/mol. The number of sulfonamides is 1. The highest BCUT2D eigenvalue weighted by molar-refractivity contribution is 7.89. The van der Waals surface area contributed by atoms with Crippen molar-refractivity contribution in [3.05, 3.63) is 60.3 Å². The molecule has 13 heteroatoms.